The molecule has 9 heteroatoms. The van der Waals surface area contributed by atoms with Crippen molar-refractivity contribution in [2.24, 2.45) is 0 Å². The van der Waals surface area contributed by atoms with Gasteiger partial charge in [-0.2, -0.15) is 12.7 Å². The monoisotopic (exact) mass is 339 g/mol. The lowest BCUT2D eigenvalue weighted by Gasteiger charge is -2.30. The lowest BCUT2D eigenvalue weighted by Crippen LogP contribution is -2.55. The van der Waals surface area contributed by atoms with E-state index in [9.17, 15) is 8.42 Å². The number of hydrogen-bond donors (Lipinski definition) is 2. The van der Waals surface area contributed by atoms with Gasteiger partial charge >= 0.3 is 0 Å². The largest absolute Gasteiger partial charge is 0.383 e. The predicted octanol–water partition coefficient (Wildman–Crippen LogP) is -0.816. The van der Waals surface area contributed by atoms with Gasteiger partial charge in [0.05, 0.1) is 25.4 Å². The molecular formula is C13H29N3O5S. The lowest BCUT2D eigenvalue weighted by molar-refractivity contribution is 0.121. The number of nitrogens with zero attached hydrogens (tertiary/aromatic N) is 1. The first kappa shape index (κ1) is 19.8. The first-order chi connectivity index (χ1) is 10.5. The quantitative estimate of drug-likeness (QED) is 0.483. The van der Waals surface area contributed by atoms with Gasteiger partial charge in [0.1, 0.15) is 0 Å². The Bertz CT molecular complexity index is 390. The van der Waals surface area contributed by atoms with Gasteiger partial charge in [-0.3, -0.25) is 0 Å². The van der Waals surface area contributed by atoms with Gasteiger partial charge < -0.3 is 19.5 Å². The zero-order valence-corrected chi connectivity index (χ0v) is 14.6. The van der Waals surface area contributed by atoms with Gasteiger partial charge in [-0.25, -0.2) is 4.72 Å². The van der Waals surface area contributed by atoms with E-state index in [1.807, 2.05) is 0 Å². The van der Waals surface area contributed by atoms with Crippen LogP contribution in [-0.4, -0.2) is 85.6 Å². The highest BCUT2D eigenvalue weighted by atomic mass is 32.2. The molecule has 1 rings (SSSR count). The van der Waals surface area contributed by atoms with Gasteiger partial charge in [0.15, 0.2) is 0 Å². The standard InChI is InChI=1S/C13H29N3O5S/c1-19-9-7-16(8-10-20-2)22(17,18)15-11-13(12-21-3)5-4-6-14-13/h14-15H,4-12H2,1-3H3. The summed E-state index contributed by atoms with van der Waals surface area (Å²) in [5.74, 6) is 0. The minimum atomic E-state index is -3.58. The maximum Gasteiger partial charge on any atom is 0.279 e. The molecule has 8 nitrogen and oxygen atoms in total. The Labute approximate surface area is 133 Å². The van der Waals surface area contributed by atoms with Crippen LogP contribution in [0, 0.1) is 0 Å². The predicted molar refractivity (Wildman–Crippen MR) is 84.1 cm³/mol. The third kappa shape index (κ3) is 6.07. The Balaban J connectivity index is 2.64. The van der Waals surface area contributed by atoms with Crippen LogP contribution in [0.4, 0.5) is 0 Å². The van der Waals surface area contributed by atoms with E-state index in [0.717, 1.165) is 19.4 Å². The molecule has 0 aliphatic carbocycles. The first-order valence-corrected chi connectivity index (χ1v) is 8.90. The summed E-state index contributed by atoms with van der Waals surface area (Å²) in [6, 6.07) is 0. The molecule has 0 aromatic carbocycles. The van der Waals surface area contributed by atoms with Crippen LogP contribution in [0.1, 0.15) is 12.8 Å². The van der Waals surface area contributed by atoms with Crippen molar-refractivity contribution in [3.8, 4) is 0 Å². The Kier molecular flexibility index (Phi) is 8.77. The average Bonchev–Trinajstić information content (AvgIpc) is 2.95. The van der Waals surface area contributed by atoms with Crippen molar-refractivity contribution >= 4 is 10.2 Å². The normalized spacial score (nSPS) is 22.5. The van der Waals surface area contributed by atoms with Crippen molar-refractivity contribution < 1.29 is 22.6 Å². The number of hydrogen-bond acceptors (Lipinski definition) is 6. The van der Waals surface area contributed by atoms with E-state index >= 15 is 0 Å². The van der Waals surface area contributed by atoms with Gasteiger partial charge in [-0.1, -0.05) is 0 Å². The summed E-state index contributed by atoms with van der Waals surface area (Å²) in [7, 11) is 1.13. The van der Waals surface area contributed by atoms with Crippen LogP contribution in [0.25, 0.3) is 0 Å². The highest BCUT2D eigenvalue weighted by Gasteiger charge is 2.35. The molecule has 0 bridgehead atoms. The average molecular weight is 339 g/mol. The fraction of sp³-hybridized carbons (Fsp3) is 1.00. The molecule has 2 N–H and O–H groups in total. The Hall–Kier alpha value is -0.290. The van der Waals surface area contributed by atoms with Gasteiger partial charge in [0.2, 0.25) is 0 Å². The van der Waals surface area contributed by atoms with Crippen LogP contribution in [0.5, 0.6) is 0 Å². The molecule has 1 unspecified atom stereocenters. The van der Waals surface area contributed by atoms with E-state index in [4.69, 9.17) is 14.2 Å². The summed E-state index contributed by atoms with van der Waals surface area (Å²) < 4.78 is 44.2. The number of methoxy groups -OCH3 is 3. The minimum absolute atomic E-state index is 0.292. The highest BCUT2D eigenvalue weighted by Crippen LogP contribution is 2.19. The minimum Gasteiger partial charge on any atom is -0.383 e. The van der Waals surface area contributed by atoms with Crippen molar-refractivity contribution in [1.29, 1.82) is 0 Å². The molecule has 0 radical (unpaired) electrons. The van der Waals surface area contributed by atoms with E-state index in [1.54, 1.807) is 21.3 Å². The van der Waals surface area contributed by atoms with Crippen molar-refractivity contribution in [3.63, 3.8) is 0 Å². The van der Waals surface area contributed by atoms with E-state index in [2.05, 4.69) is 10.0 Å². The molecule has 0 spiro atoms. The first-order valence-electron chi connectivity index (χ1n) is 7.46. The Morgan fingerprint density at radius 2 is 1.77 bits per heavy atom. The topological polar surface area (TPSA) is 89.1 Å². The van der Waals surface area contributed by atoms with Crippen molar-refractivity contribution in [3.05, 3.63) is 0 Å². The Morgan fingerprint density at radius 3 is 2.23 bits per heavy atom. The zero-order chi connectivity index (χ0) is 16.5. The summed E-state index contributed by atoms with van der Waals surface area (Å²) >= 11 is 0. The van der Waals surface area contributed by atoms with Crippen LogP contribution in [-0.2, 0) is 24.4 Å². The Morgan fingerprint density at radius 1 is 1.14 bits per heavy atom. The fourth-order valence-electron chi connectivity index (χ4n) is 2.53. The van der Waals surface area contributed by atoms with Crippen LogP contribution in [0.2, 0.25) is 0 Å². The summed E-state index contributed by atoms with van der Waals surface area (Å²) in [5, 5.41) is 3.35. The molecule has 1 aliphatic rings. The third-order valence-corrected chi connectivity index (χ3v) is 5.33. The molecule has 0 aromatic heterocycles. The molecular weight excluding hydrogens is 310 g/mol. The molecule has 0 amide bonds. The van der Waals surface area contributed by atoms with E-state index in [-0.39, 0.29) is 5.54 Å². The van der Waals surface area contributed by atoms with Gasteiger partial charge in [-0.15, -0.1) is 0 Å². The molecule has 1 saturated heterocycles. The highest BCUT2D eigenvalue weighted by molar-refractivity contribution is 7.87. The molecule has 0 aromatic rings. The molecule has 1 atom stereocenters. The van der Waals surface area contributed by atoms with Crippen molar-refractivity contribution in [2.45, 2.75) is 18.4 Å². The van der Waals surface area contributed by atoms with Crippen LogP contribution < -0.4 is 10.0 Å². The molecule has 1 heterocycles. The molecule has 22 heavy (non-hydrogen) atoms. The molecule has 1 aliphatic heterocycles. The maximum atomic E-state index is 12.5. The third-order valence-electron chi connectivity index (χ3n) is 3.78. The molecule has 0 saturated carbocycles. The number of nitrogens with one attached hydrogen (secondary N) is 2. The summed E-state index contributed by atoms with van der Waals surface area (Å²) in [6.45, 7) is 2.92. The zero-order valence-electron chi connectivity index (χ0n) is 13.8. The second-order valence-electron chi connectivity index (χ2n) is 5.45. The van der Waals surface area contributed by atoms with Gasteiger partial charge in [-0.05, 0) is 19.4 Å². The fourth-order valence-corrected chi connectivity index (χ4v) is 3.80. The number of ether oxygens (including phenoxy) is 3. The van der Waals surface area contributed by atoms with Gasteiger partial charge in [0, 0.05) is 41.0 Å². The number of rotatable bonds is 12. The SMILES string of the molecule is COCCN(CCOC)S(=O)(=O)NCC1(COC)CCCN1. The van der Waals surface area contributed by atoms with Crippen molar-refractivity contribution in [1.82, 2.24) is 14.3 Å². The maximum absolute atomic E-state index is 12.5. The van der Waals surface area contributed by atoms with Crippen LogP contribution in [0.3, 0.4) is 0 Å². The van der Waals surface area contributed by atoms with Gasteiger partial charge in [0.25, 0.3) is 10.2 Å². The van der Waals surface area contributed by atoms with E-state index < -0.39 is 10.2 Å². The van der Waals surface area contributed by atoms with Crippen LogP contribution >= 0.6 is 0 Å². The van der Waals surface area contributed by atoms with E-state index in [0.29, 0.717) is 39.5 Å². The molecule has 1 fully saturated rings. The summed E-state index contributed by atoms with van der Waals surface area (Å²) in [5.41, 5.74) is -0.323. The van der Waals surface area contributed by atoms with E-state index in [1.165, 1.54) is 4.31 Å². The molecule has 132 valence electrons. The summed E-state index contributed by atoms with van der Waals surface area (Å²) in [6.07, 6.45) is 1.90. The van der Waals surface area contributed by atoms with Crippen molar-refractivity contribution in [2.75, 3.05) is 67.3 Å². The second-order valence-corrected chi connectivity index (χ2v) is 7.21. The summed E-state index contributed by atoms with van der Waals surface area (Å²) in [4.78, 5) is 0. The van der Waals surface area contributed by atoms with Crippen LogP contribution in [0.15, 0.2) is 0 Å². The second kappa shape index (κ2) is 9.76. The lowest BCUT2D eigenvalue weighted by atomic mass is 9.99. The smallest absolute Gasteiger partial charge is 0.279 e.